The van der Waals surface area contributed by atoms with E-state index in [4.69, 9.17) is 5.73 Å². The van der Waals surface area contributed by atoms with Gasteiger partial charge in [-0.15, -0.1) is 5.10 Å². The number of hydrogen-bond acceptors (Lipinski definition) is 9. The molecule has 11 nitrogen and oxygen atoms in total. The Labute approximate surface area is 122 Å². The molecular formula is C11H9N9O2. The number of pyridine rings is 1. The number of rotatable bonds is 4. The van der Waals surface area contributed by atoms with Gasteiger partial charge in [0.2, 0.25) is 11.6 Å². The first-order valence-electron chi connectivity index (χ1n) is 5.98. The highest BCUT2D eigenvalue weighted by molar-refractivity contribution is 5.92. The number of amides is 1. The first kappa shape index (κ1) is 13.4. The number of carbonyl (C=O) groups excluding carboxylic acids is 1. The molecule has 1 amide bonds. The predicted molar refractivity (Wildman–Crippen MR) is 72.9 cm³/mol. The van der Waals surface area contributed by atoms with Crippen LogP contribution in [0, 0.1) is 0 Å². The molecule has 0 aliphatic carbocycles. The molecule has 0 aromatic carbocycles. The smallest absolute Gasteiger partial charge is 0.293 e. The van der Waals surface area contributed by atoms with Crippen LogP contribution in [-0.4, -0.2) is 42.4 Å². The highest BCUT2D eigenvalue weighted by Crippen LogP contribution is 2.09. The van der Waals surface area contributed by atoms with E-state index in [1.165, 1.54) is 17.1 Å². The average molecular weight is 299 g/mol. The summed E-state index contributed by atoms with van der Waals surface area (Å²) in [6.07, 6.45) is 6.03. The van der Waals surface area contributed by atoms with Crippen LogP contribution in [0.4, 0.5) is 5.82 Å². The van der Waals surface area contributed by atoms with E-state index in [9.17, 15) is 4.79 Å². The Morgan fingerprint density at radius 1 is 1.36 bits per heavy atom. The molecule has 3 aromatic heterocycles. The summed E-state index contributed by atoms with van der Waals surface area (Å²) in [5.74, 6) is -0.356. The standard InChI is InChI=1S/C11H9N9O2/c12-9-10(18-22-17-9)20-6-8(15-19-20)11(21)16-14-5-7-1-3-13-4-2-7/h1-6H,(H2,12,17)(H,16,21)/b14-5+. The van der Waals surface area contributed by atoms with Crippen LogP contribution < -0.4 is 11.2 Å². The van der Waals surface area contributed by atoms with Gasteiger partial charge in [0.15, 0.2) is 5.69 Å². The van der Waals surface area contributed by atoms with Crippen molar-refractivity contribution < 1.29 is 9.42 Å². The van der Waals surface area contributed by atoms with Crippen molar-refractivity contribution in [2.75, 3.05) is 5.73 Å². The van der Waals surface area contributed by atoms with Gasteiger partial charge in [-0.05, 0) is 28.0 Å². The maximum Gasteiger partial charge on any atom is 0.293 e. The van der Waals surface area contributed by atoms with E-state index in [-0.39, 0.29) is 17.3 Å². The zero-order valence-electron chi connectivity index (χ0n) is 11.0. The normalized spacial score (nSPS) is 10.9. The molecule has 3 N–H and O–H groups in total. The van der Waals surface area contributed by atoms with Gasteiger partial charge in [0, 0.05) is 12.4 Å². The molecule has 0 saturated heterocycles. The fourth-order valence-electron chi connectivity index (χ4n) is 1.49. The average Bonchev–Trinajstić information content (AvgIpc) is 3.17. The Morgan fingerprint density at radius 3 is 2.91 bits per heavy atom. The third-order valence-electron chi connectivity index (χ3n) is 2.52. The van der Waals surface area contributed by atoms with Crippen molar-refractivity contribution in [3.63, 3.8) is 0 Å². The van der Waals surface area contributed by atoms with E-state index in [0.717, 1.165) is 5.56 Å². The Balaban J connectivity index is 1.67. The van der Waals surface area contributed by atoms with E-state index in [1.54, 1.807) is 24.5 Å². The van der Waals surface area contributed by atoms with Crippen molar-refractivity contribution in [2.24, 2.45) is 5.10 Å². The summed E-state index contributed by atoms with van der Waals surface area (Å²) in [5, 5.41) is 18.2. The van der Waals surface area contributed by atoms with E-state index in [1.807, 2.05) is 0 Å². The van der Waals surface area contributed by atoms with E-state index in [0.29, 0.717) is 0 Å². The van der Waals surface area contributed by atoms with Crippen molar-refractivity contribution in [1.82, 2.24) is 35.7 Å². The van der Waals surface area contributed by atoms with Crippen molar-refractivity contribution in [3.8, 4) is 5.82 Å². The van der Waals surface area contributed by atoms with Gasteiger partial charge in [-0.1, -0.05) is 5.21 Å². The van der Waals surface area contributed by atoms with Crippen molar-refractivity contribution in [1.29, 1.82) is 0 Å². The van der Waals surface area contributed by atoms with Crippen molar-refractivity contribution in [2.45, 2.75) is 0 Å². The van der Waals surface area contributed by atoms with Crippen LogP contribution in [0.2, 0.25) is 0 Å². The number of nitrogens with two attached hydrogens (primary N) is 1. The van der Waals surface area contributed by atoms with E-state index >= 15 is 0 Å². The molecular weight excluding hydrogens is 290 g/mol. The third-order valence-corrected chi connectivity index (χ3v) is 2.52. The highest BCUT2D eigenvalue weighted by atomic mass is 16.6. The van der Waals surface area contributed by atoms with Gasteiger partial charge in [-0.2, -0.15) is 9.78 Å². The van der Waals surface area contributed by atoms with Crippen LogP contribution in [0.25, 0.3) is 5.82 Å². The predicted octanol–water partition coefficient (Wildman–Crippen LogP) is -0.609. The maximum absolute atomic E-state index is 11.9. The summed E-state index contributed by atoms with van der Waals surface area (Å²) in [6.45, 7) is 0. The van der Waals surface area contributed by atoms with Gasteiger partial charge in [0.25, 0.3) is 5.91 Å². The number of aromatic nitrogens is 6. The maximum atomic E-state index is 11.9. The molecule has 0 unspecified atom stereocenters. The topological polar surface area (TPSA) is 150 Å². The molecule has 3 aromatic rings. The highest BCUT2D eigenvalue weighted by Gasteiger charge is 2.15. The molecule has 0 saturated carbocycles. The van der Waals surface area contributed by atoms with Crippen LogP contribution in [0.15, 0.2) is 40.5 Å². The lowest BCUT2D eigenvalue weighted by atomic mass is 10.3. The fourth-order valence-corrected chi connectivity index (χ4v) is 1.49. The summed E-state index contributed by atoms with van der Waals surface area (Å²) in [6, 6.07) is 3.48. The zero-order valence-corrected chi connectivity index (χ0v) is 11.0. The quantitative estimate of drug-likeness (QED) is 0.478. The molecule has 0 bridgehead atoms. The molecule has 0 aliphatic rings. The van der Waals surface area contributed by atoms with Gasteiger partial charge >= 0.3 is 0 Å². The monoisotopic (exact) mass is 299 g/mol. The first-order valence-corrected chi connectivity index (χ1v) is 5.98. The summed E-state index contributed by atoms with van der Waals surface area (Å²) in [4.78, 5) is 15.7. The zero-order chi connectivity index (χ0) is 15.4. The van der Waals surface area contributed by atoms with Gasteiger partial charge in [-0.3, -0.25) is 9.78 Å². The van der Waals surface area contributed by atoms with Crippen LogP contribution in [0.5, 0.6) is 0 Å². The molecule has 0 spiro atoms. The van der Waals surface area contributed by atoms with E-state index < -0.39 is 5.91 Å². The van der Waals surface area contributed by atoms with Crippen LogP contribution in [0.3, 0.4) is 0 Å². The summed E-state index contributed by atoms with van der Waals surface area (Å²) >= 11 is 0. The second-order valence-corrected chi connectivity index (χ2v) is 4.00. The molecule has 0 atom stereocenters. The van der Waals surface area contributed by atoms with Crippen molar-refractivity contribution >= 4 is 17.9 Å². The lowest BCUT2D eigenvalue weighted by molar-refractivity contribution is 0.0950. The number of hydrogen-bond donors (Lipinski definition) is 2. The second kappa shape index (κ2) is 5.78. The largest absolute Gasteiger partial charge is 0.378 e. The number of nitrogens with one attached hydrogen (secondary N) is 1. The van der Waals surface area contributed by atoms with Crippen LogP contribution in [-0.2, 0) is 0 Å². The SMILES string of the molecule is Nc1nonc1-n1cc(C(=O)N/N=C/c2ccncc2)nn1. The molecule has 3 rings (SSSR count). The van der Waals surface area contributed by atoms with Gasteiger partial charge < -0.3 is 5.73 Å². The molecule has 3 heterocycles. The number of nitrogens with zero attached hydrogens (tertiary/aromatic N) is 7. The Morgan fingerprint density at radius 2 is 2.18 bits per heavy atom. The lowest BCUT2D eigenvalue weighted by Gasteiger charge is -1.94. The fraction of sp³-hybridized carbons (Fsp3) is 0. The minimum atomic E-state index is -0.536. The van der Waals surface area contributed by atoms with Gasteiger partial charge in [0.1, 0.15) is 0 Å². The van der Waals surface area contributed by atoms with Crippen LogP contribution >= 0.6 is 0 Å². The van der Waals surface area contributed by atoms with Crippen LogP contribution in [0.1, 0.15) is 16.1 Å². The summed E-state index contributed by atoms with van der Waals surface area (Å²) in [7, 11) is 0. The molecule has 22 heavy (non-hydrogen) atoms. The third kappa shape index (κ3) is 2.77. The van der Waals surface area contributed by atoms with Gasteiger partial charge in [0.05, 0.1) is 12.4 Å². The number of carbonyl (C=O) groups is 1. The number of anilines is 1. The first-order chi connectivity index (χ1) is 10.7. The van der Waals surface area contributed by atoms with Crippen molar-refractivity contribution in [3.05, 3.63) is 42.0 Å². The molecule has 0 fully saturated rings. The summed E-state index contributed by atoms with van der Waals surface area (Å²) < 4.78 is 5.61. The lowest BCUT2D eigenvalue weighted by Crippen LogP contribution is -2.18. The molecule has 0 aliphatic heterocycles. The molecule has 11 heteroatoms. The van der Waals surface area contributed by atoms with E-state index in [2.05, 4.69) is 40.8 Å². The Bertz CT molecular complexity index is 808. The second-order valence-electron chi connectivity index (χ2n) is 4.00. The number of nitrogen functional groups attached to an aromatic ring is 1. The number of hydrazone groups is 1. The minimum Gasteiger partial charge on any atom is -0.378 e. The molecule has 0 radical (unpaired) electrons. The summed E-state index contributed by atoms with van der Waals surface area (Å²) in [5.41, 5.74) is 8.67. The van der Waals surface area contributed by atoms with Gasteiger partial charge in [-0.25, -0.2) is 10.1 Å². The minimum absolute atomic E-state index is 0.0348. The molecule has 110 valence electrons. The Hall–Kier alpha value is -3.63. The Kier molecular flexibility index (Phi) is 3.51.